The zero-order valence-electron chi connectivity index (χ0n) is 15.3. The van der Waals surface area contributed by atoms with Gasteiger partial charge in [-0.3, -0.25) is 19.8 Å². The summed E-state index contributed by atoms with van der Waals surface area (Å²) in [4.78, 5) is 37.9. The predicted molar refractivity (Wildman–Crippen MR) is 99.7 cm³/mol. The van der Waals surface area contributed by atoms with Gasteiger partial charge in [0.15, 0.2) is 5.13 Å². The lowest BCUT2D eigenvalue weighted by Crippen LogP contribution is -2.44. The quantitative estimate of drug-likeness (QED) is 0.841. The van der Waals surface area contributed by atoms with Crippen molar-refractivity contribution in [2.75, 3.05) is 18.4 Å². The van der Waals surface area contributed by atoms with Gasteiger partial charge < -0.3 is 9.72 Å². The van der Waals surface area contributed by atoms with Crippen LogP contribution in [0.5, 0.6) is 0 Å². The molecule has 2 unspecified atom stereocenters. The molecule has 26 heavy (non-hydrogen) atoms. The highest BCUT2D eigenvalue weighted by molar-refractivity contribution is 7.13. The molecule has 2 atom stereocenters. The van der Waals surface area contributed by atoms with Crippen molar-refractivity contribution in [3.8, 4) is 0 Å². The second-order valence-corrected chi connectivity index (χ2v) is 7.52. The monoisotopic (exact) mass is 377 g/mol. The number of aromatic nitrogens is 3. The number of nitrogens with zero attached hydrogens (tertiary/aromatic N) is 3. The molecule has 2 aromatic heterocycles. The van der Waals surface area contributed by atoms with Crippen LogP contribution in [0.15, 0.2) is 10.2 Å². The van der Waals surface area contributed by atoms with E-state index in [2.05, 4.69) is 39.0 Å². The Bertz CT molecular complexity index is 852. The Morgan fingerprint density at radius 3 is 2.69 bits per heavy atom. The van der Waals surface area contributed by atoms with E-state index in [1.54, 1.807) is 13.8 Å². The Hall–Kier alpha value is -2.10. The van der Waals surface area contributed by atoms with E-state index in [1.165, 1.54) is 11.3 Å². The number of thiazole rings is 1. The lowest BCUT2D eigenvalue weighted by atomic mass is 10.2. The summed E-state index contributed by atoms with van der Waals surface area (Å²) in [6, 6.07) is 0. The molecule has 1 saturated heterocycles. The van der Waals surface area contributed by atoms with Gasteiger partial charge in [-0.15, -0.1) is 11.3 Å². The van der Waals surface area contributed by atoms with Gasteiger partial charge in [-0.2, -0.15) is 0 Å². The molecule has 8 nitrogen and oxygen atoms in total. The maximum Gasteiger partial charge on any atom is 0.264 e. The molecular formula is C17H23N5O3S. The fourth-order valence-electron chi connectivity index (χ4n) is 3.23. The largest absolute Gasteiger partial charge is 0.373 e. The van der Waals surface area contributed by atoms with Crippen molar-refractivity contribution >= 4 is 22.4 Å². The Labute approximate surface area is 155 Å². The third kappa shape index (κ3) is 4.35. The van der Waals surface area contributed by atoms with Gasteiger partial charge in [0.05, 0.1) is 23.6 Å². The zero-order valence-corrected chi connectivity index (χ0v) is 16.1. The van der Waals surface area contributed by atoms with Crippen LogP contribution in [0, 0.1) is 13.8 Å². The third-order valence-electron chi connectivity index (χ3n) is 4.10. The standard InChI is InChI=1S/C17H23N5O3S/c1-9-5-22(6-10(2)25-9)7-13-8-26-17(20-13)21-16(24)14-11(3)18-12(4)19-15(14)23/h8-10H,5-7H2,1-4H3,(H,18,19,23)(H,20,21,24). The van der Waals surface area contributed by atoms with Crippen molar-refractivity contribution in [2.24, 2.45) is 0 Å². The fraction of sp³-hybridized carbons (Fsp3) is 0.529. The number of carbonyl (C=O) groups is 1. The summed E-state index contributed by atoms with van der Waals surface area (Å²) in [6.45, 7) is 9.85. The van der Waals surface area contributed by atoms with Crippen molar-refractivity contribution in [3.63, 3.8) is 0 Å². The molecule has 140 valence electrons. The van der Waals surface area contributed by atoms with Crippen LogP contribution >= 0.6 is 11.3 Å². The van der Waals surface area contributed by atoms with Gasteiger partial charge in [-0.05, 0) is 27.7 Å². The molecule has 1 amide bonds. The van der Waals surface area contributed by atoms with Gasteiger partial charge in [0.25, 0.3) is 11.5 Å². The topological polar surface area (TPSA) is 100 Å². The van der Waals surface area contributed by atoms with E-state index < -0.39 is 11.5 Å². The van der Waals surface area contributed by atoms with Crippen molar-refractivity contribution in [1.29, 1.82) is 0 Å². The molecule has 1 fully saturated rings. The maximum atomic E-state index is 12.4. The Morgan fingerprint density at radius 2 is 2.04 bits per heavy atom. The lowest BCUT2D eigenvalue weighted by molar-refractivity contribution is -0.0707. The van der Waals surface area contributed by atoms with Crippen LogP contribution in [-0.2, 0) is 11.3 Å². The molecule has 0 aromatic carbocycles. The summed E-state index contributed by atoms with van der Waals surface area (Å²) in [5, 5.41) is 5.09. The molecule has 2 aromatic rings. The smallest absolute Gasteiger partial charge is 0.264 e. The van der Waals surface area contributed by atoms with Gasteiger partial charge in [-0.1, -0.05) is 0 Å². The van der Waals surface area contributed by atoms with Gasteiger partial charge in [0.1, 0.15) is 11.4 Å². The lowest BCUT2D eigenvalue weighted by Gasteiger charge is -2.34. The second kappa shape index (κ2) is 7.65. The third-order valence-corrected chi connectivity index (χ3v) is 4.91. The molecule has 9 heteroatoms. The van der Waals surface area contributed by atoms with Crippen LogP contribution in [-0.4, -0.2) is 51.1 Å². The molecule has 1 aliphatic rings. The number of hydrogen-bond donors (Lipinski definition) is 2. The number of aryl methyl sites for hydroxylation is 2. The minimum Gasteiger partial charge on any atom is -0.373 e. The first-order valence-corrected chi connectivity index (χ1v) is 9.41. The first-order valence-electron chi connectivity index (χ1n) is 8.53. The van der Waals surface area contributed by atoms with Crippen LogP contribution in [0.1, 0.15) is 41.4 Å². The summed E-state index contributed by atoms with van der Waals surface area (Å²) in [6.07, 6.45) is 0.389. The van der Waals surface area contributed by atoms with E-state index in [-0.39, 0.29) is 17.8 Å². The molecule has 0 radical (unpaired) electrons. The van der Waals surface area contributed by atoms with E-state index in [0.29, 0.717) is 23.2 Å². The Kier molecular flexibility index (Phi) is 5.49. The average Bonchev–Trinajstić information content (AvgIpc) is 2.91. The van der Waals surface area contributed by atoms with Crippen molar-refractivity contribution < 1.29 is 9.53 Å². The number of rotatable bonds is 4. The molecule has 0 saturated carbocycles. The Balaban J connectivity index is 1.67. The first kappa shape index (κ1) is 18.7. The second-order valence-electron chi connectivity index (χ2n) is 6.66. The van der Waals surface area contributed by atoms with Crippen molar-refractivity contribution in [2.45, 2.75) is 46.4 Å². The zero-order chi connectivity index (χ0) is 18.8. The maximum absolute atomic E-state index is 12.4. The number of H-pyrrole nitrogens is 1. The van der Waals surface area contributed by atoms with Crippen LogP contribution in [0.3, 0.4) is 0 Å². The minimum atomic E-state index is -0.495. The van der Waals surface area contributed by atoms with E-state index in [1.807, 2.05) is 5.38 Å². The van der Waals surface area contributed by atoms with Crippen molar-refractivity contribution in [3.05, 3.63) is 38.5 Å². The number of anilines is 1. The number of morpholine rings is 1. The number of nitrogens with one attached hydrogen (secondary N) is 2. The van der Waals surface area contributed by atoms with Gasteiger partial charge in [-0.25, -0.2) is 9.97 Å². The first-order chi connectivity index (χ1) is 12.3. The predicted octanol–water partition coefficient (Wildman–Crippen LogP) is 1.70. The SMILES string of the molecule is Cc1nc(C)c(C(=O)Nc2nc(CN3CC(C)OC(C)C3)cs2)c(=O)[nH]1. The molecule has 0 spiro atoms. The van der Waals surface area contributed by atoms with E-state index >= 15 is 0 Å². The summed E-state index contributed by atoms with van der Waals surface area (Å²) in [5.41, 5.74) is 0.861. The summed E-state index contributed by atoms with van der Waals surface area (Å²) < 4.78 is 5.74. The Morgan fingerprint density at radius 1 is 1.35 bits per heavy atom. The average molecular weight is 377 g/mol. The fourth-order valence-corrected chi connectivity index (χ4v) is 3.93. The van der Waals surface area contributed by atoms with E-state index in [0.717, 1.165) is 18.8 Å². The van der Waals surface area contributed by atoms with Crippen LogP contribution in [0.4, 0.5) is 5.13 Å². The molecule has 2 N–H and O–H groups in total. The van der Waals surface area contributed by atoms with Crippen LogP contribution < -0.4 is 10.9 Å². The van der Waals surface area contributed by atoms with Gasteiger partial charge in [0, 0.05) is 25.0 Å². The van der Waals surface area contributed by atoms with Crippen molar-refractivity contribution in [1.82, 2.24) is 19.9 Å². The molecule has 0 aliphatic carbocycles. The van der Waals surface area contributed by atoms with Gasteiger partial charge in [0.2, 0.25) is 0 Å². The van der Waals surface area contributed by atoms with Crippen LogP contribution in [0.25, 0.3) is 0 Å². The van der Waals surface area contributed by atoms with E-state index in [4.69, 9.17) is 4.74 Å². The number of ether oxygens (including phenoxy) is 1. The van der Waals surface area contributed by atoms with Crippen LogP contribution in [0.2, 0.25) is 0 Å². The van der Waals surface area contributed by atoms with E-state index in [9.17, 15) is 9.59 Å². The summed E-state index contributed by atoms with van der Waals surface area (Å²) >= 11 is 1.34. The molecule has 0 bridgehead atoms. The highest BCUT2D eigenvalue weighted by Crippen LogP contribution is 2.19. The molecule has 1 aliphatic heterocycles. The van der Waals surface area contributed by atoms with Gasteiger partial charge >= 0.3 is 0 Å². The normalized spacial score (nSPS) is 20.9. The minimum absolute atomic E-state index is 0.0168. The molecule has 3 heterocycles. The number of amides is 1. The molecular weight excluding hydrogens is 354 g/mol. The summed E-state index contributed by atoms with van der Waals surface area (Å²) in [7, 11) is 0. The highest BCUT2D eigenvalue weighted by atomic mass is 32.1. The number of carbonyl (C=O) groups excluding carboxylic acids is 1. The summed E-state index contributed by atoms with van der Waals surface area (Å²) in [5.74, 6) is -0.0136. The number of hydrogen-bond acceptors (Lipinski definition) is 7. The number of aromatic amines is 1. The molecule has 3 rings (SSSR count). The highest BCUT2D eigenvalue weighted by Gasteiger charge is 2.23.